The molecule has 3 aromatic carbocycles. The van der Waals surface area contributed by atoms with Gasteiger partial charge in [0.2, 0.25) is 0 Å². The first kappa shape index (κ1) is 25.9. The van der Waals surface area contributed by atoms with Crippen LogP contribution < -0.4 is 5.32 Å². The number of carbonyl (C=O) groups is 2. The van der Waals surface area contributed by atoms with Crippen LogP contribution in [0.1, 0.15) is 35.3 Å². The third-order valence-electron chi connectivity index (χ3n) is 6.25. The fraction of sp³-hybridized carbons (Fsp3) is 0.167. The highest BCUT2D eigenvalue weighted by molar-refractivity contribution is 8.19. The van der Waals surface area contributed by atoms with E-state index >= 15 is 0 Å². The minimum atomic E-state index is -0.0811. The summed E-state index contributed by atoms with van der Waals surface area (Å²) in [4.78, 5) is 35.4. The Morgan fingerprint density at radius 1 is 1.00 bits per heavy atom. The number of anilines is 1. The maximum atomic E-state index is 13.9. The molecule has 2 heterocycles. The van der Waals surface area contributed by atoms with E-state index in [9.17, 15) is 9.59 Å². The zero-order valence-corrected chi connectivity index (χ0v) is 23.1. The first-order chi connectivity index (χ1) is 18.5. The van der Waals surface area contributed by atoms with Crippen LogP contribution in [0.3, 0.4) is 0 Å². The number of nitrogens with one attached hydrogen (secondary N) is 1. The lowest BCUT2D eigenvalue weighted by atomic mass is 10.1. The Labute approximate surface area is 231 Å². The Bertz CT molecular complexity index is 1470. The van der Waals surface area contributed by atoms with Crippen LogP contribution in [0, 0.1) is 0 Å². The molecule has 2 aliphatic rings. The monoisotopic (exact) mass is 540 g/mol. The van der Waals surface area contributed by atoms with E-state index in [1.807, 2.05) is 68.6 Å². The normalized spacial score (nSPS) is 18.3. The Kier molecular flexibility index (Phi) is 7.72. The molecule has 1 saturated heterocycles. The number of thioether (sulfide) groups is 2. The fourth-order valence-electron chi connectivity index (χ4n) is 4.26. The third-order valence-corrected chi connectivity index (χ3v) is 8.48. The zero-order valence-electron chi connectivity index (χ0n) is 21.5. The van der Waals surface area contributed by atoms with Crippen molar-refractivity contribution in [1.29, 1.82) is 0 Å². The number of nitrogens with zero attached hydrogens (tertiary/aromatic N) is 3. The molecule has 0 unspecified atom stereocenters. The highest BCUT2D eigenvalue weighted by Gasteiger charge is 2.38. The number of carbonyl (C=O) groups excluding carboxylic acids is 2. The topological polar surface area (TPSA) is 65.0 Å². The predicted octanol–water partition coefficient (Wildman–Crippen LogP) is 6.93. The van der Waals surface area contributed by atoms with Crippen LogP contribution >= 0.6 is 23.5 Å². The van der Waals surface area contributed by atoms with E-state index in [1.165, 1.54) is 11.8 Å². The van der Waals surface area contributed by atoms with Crippen molar-refractivity contribution in [2.75, 3.05) is 18.9 Å². The first-order valence-corrected chi connectivity index (χ1v) is 14.1. The van der Waals surface area contributed by atoms with Gasteiger partial charge < -0.3 is 10.2 Å². The second-order valence-corrected chi connectivity index (χ2v) is 10.7. The van der Waals surface area contributed by atoms with Gasteiger partial charge in [0, 0.05) is 24.6 Å². The molecule has 2 aliphatic heterocycles. The standard InChI is InChI=1S/C30H28N4O2S2/c1-4-31-24-16-15-23(20(2)35)17-25(24)32-30-34(18-21-11-7-5-8-12-21)28(36)27(38-30)29-33(3)26(19-37-29)22-13-9-6-10-14-22/h5-17,19,31H,4,18H2,1-3H3/b29-27-,32-30?. The summed E-state index contributed by atoms with van der Waals surface area (Å²) in [5, 5.41) is 6.88. The van der Waals surface area contributed by atoms with E-state index < -0.39 is 0 Å². The van der Waals surface area contributed by atoms with Gasteiger partial charge in [0.15, 0.2) is 11.0 Å². The Hall–Kier alpha value is -3.75. The summed E-state index contributed by atoms with van der Waals surface area (Å²) in [7, 11) is 1.99. The lowest BCUT2D eigenvalue weighted by molar-refractivity contribution is -0.122. The molecule has 1 N–H and O–H groups in total. The van der Waals surface area contributed by atoms with Gasteiger partial charge in [-0.15, -0.1) is 0 Å². The van der Waals surface area contributed by atoms with Gasteiger partial charge in [-0.3, -0.25) is 14.5 Å². The van der Waals surface area contributed by atoms with E-state index in [4.69, 9.17) is 4.99 Å². The van der Waals surface area contributed by atoms with Crippen molar-refractivity contribution < 1.29 is 9.59 Å². The molecule has 0 radical (unpaired) electrons. The maximum Gasteiger partial charge on any atom is 0.269 e. The number of amides is 1. The van der Waals surface area contributed by atoms with E-state index in [1.54, 1.807) is 35.7 Å². The number of hydrogen-bond acceptors (Lipinski definition) is 7. The van der Waals surface area contributed by atoms with E-state index in [2.05, 4.69) is 27.8 Å². The fourth-order valence-corrected chi connectivity index (χ4v) is 6.51. The van der Waals surface area contributed by atoms with Crippen molar-refractivity contribution >= 4 is 57.5 Å². The quantitative estimate of drug-likeness (QED) is 0.259. The van der Waals surface area contributed by atoms with Gasteiger partial charge >= 0.3 is 0 Å². The second kappa shape index (κ2) is 11.3. The SMILES string of the molecule is CCNc1ccc(C(C)=O)cc1N=C1S/C(=C2\SC=C(c3ccccc3)N2C)C(=O)N1Cc1ccccc1. The largest absolute Gasteiger partial charge is 0.384 e. The zero-order chi connectivity index (χ0) is 26.6. The maximum absolute atomic E-state index is 13.9. The average Bonchev–Trinajstić information content (AvgIpc) is 3.45. The summed E-state index contributed by atoms with van der Waals surface area (Å²) >= 11 is 2.93. The molecule has 0 bridgehead atoms. The van der Waals surface area contributed by atoms with Crippen molar-refractivity contribution in [1.82, 2.24) is 9.80 Å². The smallest absolute Gasteiger partial charge is 0.269 e. The molecular weight excluding hydrogens is 512 g/mol. The van der Waals surface area contributed by atoms with Gasteiger partial charge in [-0.2, -0.15) is 0 Å². The van der Waals surface area contributed by atoms with Gasteiger partial charge in [0.25, 0.3) is 5.91 Å². The molecular formula is C30H28N4O2S2. The highest BCUT2D eigenvalue weighted by atomic mass is 32.2. The molecule has 8 heteroatoms. The second-order valence-electron chi connectivity index (χ2n) is 8.87. The van der Waals surface area contributed by atoms with Gasteiger partial charge in [-0.05, 0) is 54.9 Å². The average molecular weight is 541 g/mol. The number of ketones is 1. The minimum Gasteiger partial charge on any atom is -0.384 e. The Morgan fingerprint density at radius 3 is 2.39 bits per heavy atom. The van der Waals surface area contributed by atoms with E-state index in [0.717, 1.165) is 27.5 Å². The van der Waals surface area contributed by atoms with Gasteiger partial charge in [0.05, 0.1) is 28.6 Å². The van der Waals surface area contributed by atoms with Gasteiger partial charge in [-0.25, -0.2) is 4.99 Å². The third kappa shape index (κ3) is 5.28. The molecule has 5 rings (SSSR count). The van der Waals surface area contributed by atoms with Gasteiger partial charge in [0.1, 0.15) is 4.91 Å². The van der Waals surface area contributed by atoms with Crippen LogP contribution in [0.25, 0.3) is 5.70 Å². The van der Waals surface area contributed by atoms with Crippen LogP contribution in [0.15, 0.2) is 99.2 Å². The molecule has 0 atom stereocenters. The van der Waals surface area contributed by atoms with Crippen LogP contribution in [0.2, 0.25) is 0 Å². The molecule has 1 fully saturated rings. The number of aliphatic imine (C=N–C) groups is 1. The molecule has 192 valence electrons. The summed E-state index contributed by atoms with van der Waals surface area (Å²) < 4.78 is 0. The Balaban J connectivity index is 1.56. The lowest BCUT2D eigenvalue weighted by Crippen LogP contribution is -2.29. The van der Waals surface area contributed by atoms with Crippen LogP contribution in [-0.2, 0) is 11.3 Å². The molecule has 3 aromatic rings. The van der Waals surface area contributed by atoms with Crippen LogP contribution in [0.4, 0.5) is 11.4 Å². The molecule has 0 aliphatic carbocycles. The molecule has 0 aromatic heterocycles. The van der Waals surface area contributed by atoms with E-state index in [-0.39, 0.29) is 11.7 Å². The first-order valence-electron chi connectivity index (χ1n) is 12.4. The van der Waals surface area contributed by atoms with Crippen molar-refractivity contribution in [2.24, 2.45) is 4.99 Å². The van der Waals surface area contributed by atoms with Crippen LogP contribution in [-0.4, -0.2) is 40.3 Å². The van der Waals surface area contributed by atoms with Crippen molar-refractivity contribution in [2.45, 2.75) is 20.4 Å². The molecule has 0 spiro atoms. The van der Waals surface area contributed by atoms with Crippen molar-refractivity contribution in [3.63, 3.8) is 0 Å². The predicted molar refractivity (Wildman–Crippen MR) is 159 cm³/mol. The van der Waals surface area contributed by atoms with Crippen LogP contribution in [0.5, 0.6) is 0 Å². The number of Topliss-reactive ketones (excluding diaryl/α,β-unsaturated/α-hetero) is 1. The van der Waals surface area contributed by atoms with Crippen molar-refractivity contribution in [3.05, 3.63) is 111 Å². The number of benzene rings is 3. The summed E-state index contributed by atoms with van der Waals surface area (Å²) in [6, 6.07) is 25.5. The minimum absolute atomic E-state index is 0.0305. The number of rotatable bonds is 7. The van der Waals surface area contributed by atoms with E-state index in [0.29, 0.717) is 34.4 Å². The molecule has 38 heavy (non-hydrogen) atoms. The molecule has 0 saturated carbocycles. The highest BCUT2D eigenvalue weighted by Crippen LogP contribution is 2.46. The summed E-state index contributed by atoms with van der Waals surface area (Å²) in [6.45, 7) is 4.67. The summed E-state index contributed by atoms with van der Waals surface area (Å²) in [6.07, 6.45) is 0. The lowest BCUT2D eigenvalue weighted by Gasteiger charge is -2.19. The Morgan fingerprint density at radius 2 is 1.71 bits per heavy atom. The van der Waals surface area contributed by atoms with Gasteiger partial charge in [-0.1, -0.05) is 72.4 Å². The molecule has 6 nitrogen and oxygen atoms in total. The molecule has 1 amide bonds. The van der Waals surface area contributed by atoms with Crippen molar-refractivity contribution in [3.8, 4) is 0 Å². The number of amidine groups is 1. The number of hydrogen-bond donors (Lipinski definition) is 1. The summed E-state index contributed by atoms with van der Waals surface area (Å²) in [5.74, 6) is -0.112. The summed E-state index contributed by atoms with van der Waals surface area (Å²) in [5.41, 5.74) is 5.19.